The lowest BCUT2D eigenvalue weighted by atomic mass is 9.88. The summed E-state index contributed by atoms with van der Waals surface area (Å²) in [4.78, 5) is 31.5. The molecule has 2 aromatic carbocycles. The highest BCUT2D eigenvalue weighted by Crippen LogP contribution is 2.40. The first kappa shape index (κ1) is 25.6. The van der Waals surface area contributed by atoms with Gasteiger partial charge < -0.3 is 10.1 Å². The second-order valence-electron chi connectivity index (χ2n) is 10.1. The molecule has 1 atom stereocenters. The summed E-state index contributed by atoms with van der Waals surface area (Å²) in [5.41, 5.74) is 4.19. The number of hydrogen-bond acceptors (Lipinski definition) is 6. The number of methoxy groups -OCH3 is 1. The fourth-order valence-electron chi connectivity index (χ4n) is 5.59. The zero-order chi connectivity index (χ0) is 25.8. The van der Waals surface area contributed by atoms with Crippen molar-refractivity contribution in [2.45, 2.75) is 32.2 Å². The molecule has 2 aliphatic rings. The summed E-state index contributed by atoms with van der Waals surface area (Å²) in [6, 6.07) is 21.5. The van der Waals surface area contributed by atoms with E-state index in [9.17, 15) is 9.59 Å². The number of piperazine rings is 1. The Labute approximate surface area is 223 Å². The van der Waals surface area contributed by atoms with Gasteiger partial charge in [-0.1, -0.05) is 67.6 Å². The van der Waals surface area contributed by atoms with Gasteiger partial charge in [0.2, 0.25) is 5.91 Å². The van der Waals surface area contributed by atoms with E-state index < -0.39 is 0 Å². The monoisotopic (exact) mass is 517 g/mol. The van der Waals surface area contributed by atoms with Gasteiger partial charge in [0.25, 0.3) is 0 Å². The zero-order valence-corrected chi connectivity index (χ0v) is 22.4. The van der Waals surface area contributed by atoms with Crippen LogP contribution in [-0.4, -0.2) is 61.5 Å². The van der Waals surface area contributed by atoms with Crippen LogP contribution in [-0.2, 0) is 22.4 Å². The maximum atomic E-state index is 13.1. The number of ether oxygens (including phenoxy) is 1. The largest absolute Gasteiger partial charge is 0.465 e. The molecule has 0 saturated carbocycles. The van der Waals surface area contributed by atoms with Crippen molar-refractivity contribution >= 4 is 28.2 Å². The molecule has 1 fully saturated rings. The Hall–Kier alpha value is -3.00. The third kappa shape index (κ3) is 5.79. The standard InChI is InChI=1S/C30H35N3O3S/c1-21-13-14-24-25(19-21)37-29(27(24)30(35)36-2)31-26(34)20-32-15-17-33(18-16-32)28(22-9-5-3-6-10-22)23-11-7-4-8-12-23/h3-12,21,28H,13-20H2,1-2H3,(H,31,34). The van der Waals surface area contributed by atoms with Crippen molar-refractivity contribution in [3.63, 3.8) is 0 Å². The smallest absolute Gasteiger partial charge is 0.341 e. The minimum absolute atomic E-state index is 0.0760. The van der Waals surface area contributed by atoms with Gasteiger partial charge in [0.1, 0.15) is 5.00 Å². The van der Waals surface area contributed by atoms with Gasteiger partial charge in [-0.2, -0.15) is 0 Å². The molecule has 5 rings (SSSR count). The number of thiophene rings is 1. The quantitative estimate of drug-likeness (QED) is 0.447. The maximum absolute atomic E-state index is 13.1. The van der Waals surface area contributed by atoms with Gasteiger partial charge >= 0.3 is 5.97 Å². The zero-order valence-electron chi connectivity index (χ0n) is 21.6. The van der Waals surface area contributed by atoms with Crippen molar-refractivity contribution in [3.8, 4) is 0 Å². The molecule has 194 valence electrons. The lowest BCUT2D eigenvalue weighted by Gasteiger charge is -2.39. The molecule has 0 radical (unpaired) electrons. The Morgan fingerprint density at radius 1 is 1.00 bits per heavy atom. The highest BCUT2D eigenvalue weighted by atomic mass is 32.1. The van der Waals surface area contributed by atoms with Crippen LogP contribution in [0.3, 0.4) is 0 Å². The summed E-state index contributed by atoms with van der Waals surface area (Å²) >= 11 is 1.54. The second kappa shape index (κ2) is 11.6. The van der Waals surface area contributed by atoms with Crippen LogP contribution >= 0.6 is 11.3 Å². The van der Waals surface area contributed by atoms with Crippen LogP contribution in [0.5, 0.6) is 0 Å². The first-order valence-electron chi connectivity index (χ1n) is 13.1. The number of fused-ring (bicyclic) bond motifs is 1. The minimum Gasteiger partial charge on any atom is -0.465 e. The Balaban J connectivity index is 1.24. The molecule has 1 aliphatic heterocycles. The molecule has 37 heavy (non-hydrogen) atoms. The lowest BCUT2D eigenvalue weighted by molar-refractivity contribution is -0.117. The van der Waals surface area contributed by atoms with Crippen LogP contribution in [0.15, 0.2) is 60.7 Å². The normalized spacial score (nSPS) is 18.4. The van der Waals surface area contributed by atoms with Crippen LogP contribution in [0.4, 0.5) is 5.00 Å². The number of nitrogens with zero attached hydrogens (tertiary/aromatic N) is 2. The Morgan fingerprint density at radius 3 is 2.22 bits per heavy atom. The van der Waals surface area contributed by atoms with Gasteiger partial charge in [0.15, 0.2) is 0 Å². The fraction of sp³-hybridized carbons (Fsp3) is 0.400. The van der Waals surface area contributed by atoms with Crippen LogP contribution < -0.4 is 5.32 Å². The number of benzene rings is 2. The molecule has 1 saturated heterocycles. The number of carbonyl (C=O) groups excluding carboxylic acids is 2. The molecule has 7 heteroatoms. The van der Waals surface area contributed by atoms with Gasteiger partial charge in [-0.15, -0.1) is 11.3 Å². The highest BCUT2D eigenvalue weighted by molar-refractivity contribution is 7.17. The van der Waals surface area contributed by atoms with Gasteiger partial charge in [-0.25, -0.2) is 4.79 Å². The number of amides is 1. The Kier molecular flexibility index (Phi) is 8.03. The molecule has 0 spiro atoms. The number of rotatable bonds is 7. The van der Waals surface area contributed by atoms with Crippen LogP contribution in [0.1, 0.15) is 51.3 Å². The molecule has 2 heterocycles. The first-order chi connectivity index (χ1) is 18.0. The van der Waals surface area contributed by atoms with E-state index >= 15 is 0 Å². The maximum Gasteiger partial charge on any atom is 0.341 e. The van der Waals surface area contributed by atoms with E-state index in [0.29, 0.717) is 23.0 Å². The van der Waals surface area contributed by atoms with Crippen LogP contribution in [0, 0.1) is 5.92 Å². The molecule has 1 aromatic heterocycles. The predicted octanol–water partition coefficient (Wildman–Crippen LogP) is 5.01. The van der Waals surface area contributed by atoms with Crippen molar-refractivity contribution in [1.82, 2.24) is 9.80 Å². The predicted molar refractivity (Wildman–Crippen MR) is 148 cm³/mol. The highest BCUT2D eigenvalue weighted by Gasteiger charge is 2.30. The number of esters is 1. The first-order valence-corrected chi connectivity index (χ1v) is 13.9. The van der Waals surface area contributed by atoms with Gasteiger partial charge in [0, 0.05) is 31.1 Å². The molecule has 1 amide bonds. The average molecular weight is 518 g/mol. The number of nitrogens with one attached hydrogen (secondary N) is 1. The van der Waals surface area contributed by atoms with Gasteiger partial charge in [-0.05, 0) is 41.9 Å². The summed E-state index contributed by atoms with van der Waals surface area (Å²) in [6.07, 6.45) is 2.86. The molecule has 0 bridgehead atoms. The summed E-state index contributed by atoms with van der Waals surface area (Å²) in [5.74, 6) is 0.156. The molecular weight excluding hydrogens is 482 g/mol. The molecule has 6 nitrogen and oxygen atoms in total. The van der Waals surface area contributed by atoms with E-state index in [1.54, 1.807) is 0 Å². The number of anilines is 1. The molecule has 3 aromatic rings. The van der Waals surface area contributed by atoms with Gasteiger partial charge in [-0.3, -0.25) is 14.6 Å². The van der Waals surface area contributed by atoms with E-state index in [1.165, 1.54) is 34.5 Å². The summed E-state index contributed by atoms with van der Waals surface area (Å²) in [6.45, 7) is 5.92. The van der Waals surface area contributed by atoms with Gasteiger partial charge in [0.05, 0.1) is 25.3 Å². The molecule has 1 aliphatic carbocycles. The SMILES string of the molecule is COC(=O)c1c(NC(=O)CN2CCN(C(c3ccccc3)c3ccccc3)CC2)sc2c1CCC(C)C2. The van der Waals surface area contributed by atoms with E-state index in [0.717, 1.165) is 51.0 Å². The Bertz CT molecular complexity index is 1180. The Morgan fingerprint density at radius 2 is 1.62 bits per heavy atom. The average Bonchev–Trinajstić information content (AvgIpc) is 3.27. The van der Waals surface area contributed by atoms with E-state index in [1.807, 2.05) is 0 Å². The van der Waals surface area contributed by atoms with Crippen molar-refractivity contribution in [2.24, 2.45) is 5.92 Å². The second-order valence-corrected chi connectivity index (χ2v) is 11.2. The molecule has 1 N–H and O–H groups in total. The summed E-state index contributed by atoms with van der Waals surface area (Å²) < 4.78 is 5.07. The van der Waals surface area contributed by atoms with Crippen molar-refractivity contribution in [2.75, 3.05) is 45.2 Å². The lowest BCUT2D eigenvalue weighted by Crippen LogP contribution is -2.49. The summed E-state index contributed by atoms with van der Waals surface area (Å²) in [7, 11) is 1.40. The third-order valence-electron chi connectivity index (χ3n) is 7.52. The summed E-state index contributed by atoms with van der Waals surface area (Å²) in [5, 5.41) is 3.70. The van der Waals surface area contributed by atoms with E-state index in [2.05, 4.69) is 82.7 Å². The topological polar surface area (TPSA) is 61.9 Å². The fourth-order valence-corrected chi connectivity index (χ4v) is 7.01. The van der Waals surface area contributed by atoms with Crippen molar-refractivity contribution in [3.05, 3.63) is 87.8 Å². The number of carbonyl (C=O) groups is 2. The van der Waals surface area contributed by atoms with E-state index in [-0.39, 0.29) is 17.9 Å². The molecule has 1 unspecified atom stereocenters. The van der Waals surface area contributed by atoms with Crippen LogP contribution in [0.2, 0.25) is 0 Å². The number of hydrogen-bond donors (Lipinski definition) is 1. The van der Waals surface area contributed by atoms with Crippen LogP contribution in [0.25, 0.3) is 0 Å². The van der Waals surface area contributed by atoms with Crippen molar-refractivity contribution < 1.29 is 14.3 Å². The third-order valence-corrected chi connectivity index (χ3v) is 8.69. The minimum atomic E-state index is -0.358. The molecular formula is C30H35N3O3S. The van der Waals surface area contributed by atoms with E-state index in [4.69, 9.17) is 4.74 Å². The van der Waals surface area contributed by atoms with Crippen molar-refractivity contribution in [1.29, 1.82) is 0 Å².